The molecule has 6 heteroatoms. The van der Waals surface area contributed by atoms with Crippen LogP contribution in [0.15, 0.2) is 5.51 Å². The van der Waals surface area contributed by atoms with Crippen molar-refractivity contribution >= 4 is 22.3 Å². The van der Waals surface area contributed by atoms with Crippen LogP contribution in [0.4, 0.5) is 0 Å². The lowest BCUT2D eigenvalue weighted by molar-refractivity contribution is 0.0686. The van der Waals surface area contributed by atoms with Gasteiger partial charge in [0.25, 0.3) is 0 Å². The summed E-state index contributed by atoms with van der Waals surface area (Å²) in [7, 11) is 0. The van der Waals surface area contributed by atoms with Gasteiger partial charge >= 0.3 is 5.97 Å². The minimum absolute atomic E-state index is 0.144. The number of nitrogens with zero attached hydrogens (tertiary/aromatic N) is 3. The number of carbonyl (C=O) groups is 1. The topological polar surface area (TPSA) is 67.5 Å². The minimum Gasteiger partial charge on any atom is -0.476 e. The van der Waals surface area contributed by atoms with Gasteiger partial charge in [-0.3, -0.25) is 0 Å². The smallest absolute Gasteiger partial charge is 0.356 e. The monoisotopic (exact) mass is 225 g/mol. The zero-order valence-corrected chi connectivity index (χ0v) is 9.28. The predicted molar refractivity (Wildman–Crippen MR) is 56.5 cm³/mol. The SMILES string of the molecule is CCC(C)c1nc2scnn2c1C(=O)O. The van der Waals surface area contributed by atoms with E-state index in [0.717, 1.165) is 6.42 Å². The highest BCUT2D eigenvalue weighted by Gasteiger charge is 2.23. The number of imidazole rings is 1. The van der Waals surface area contributed by atoms with Crippen LogP contribution >= 0.6 is 11.3 Å². The summed E-state index contributed by atoms with van der Waals surface area (Å²) >= 11 is 1.35. The fraction of sp³-hybridized carbons (Fsp3) is 0.444. The summed E-state index contributed by atoms with van der Waals surface area (Å²) in [5.41, 5.74) is 2.42. The average Bonchev–Trinajstić information content (AvgIpc) is 2.73. The van der Waals surface area contributed by atoms with Crippen LogP contribution in [0.2, 0.25) is 0 Å². The molecule has 0 saturated heterocycles. The largest absolute Gasteiger partial charge is 0.476 e. The Balaban J connectivity index is 2.67. The normalized spacial score (nSPS) is 13.2. The molecule has 2 rings (SSSR count). The standard InChI is InChI=1S/C9H11N3O2S/c1-3-5(2)6-7(8(13)14)12-9(11-6)15-4-10-12/h4-5H,3H2,1-2H3,(H,13,14). The molecule has 0 amide bonds. The molecule has 0 radical (unpaired) electrons. The van der Waals surface area contributed by atoms with E-state index in [0.29, 0.717) is 10.7 Å². The minimum atomic E-state index is -0.969. The number of carboxylic acid groups (broad SMARTS) is 1. The van der Waals surface area contributed by atoms with E-state index in [1.807, 2.05) is 13.8 Å². The third kappa shape index (κ3) is 1.50. The molecule has 0 aliphatic carbocycles. The average molecular weight is 225 g/mol. The van der Waals surface area contributed by atoms with Crippen LogP contribution in [-0.2, 0) is 0 Å². The molecular formula is C9H11N3O2S. The molecule has 1 unspecified atom stereocenters. The maximum Gasteiger partial charge on any atom is 0.356 e. The molecule has 0 saturated carbocycles. The first kappa shape index (κ1) is 10.1. The number of aromatic carboxylic acids is 1. The molecule has 80 valence electrons. The van der Waals surface area contributed by atoms with E-state index in [2.05, 4.69) is 10.1 Å². The molecule has 2 aromatic rings. The van der Waals surface area contributed by atoms with Crippen molar-refractivity contribution in [3.05, 3.63) is 16.9 Å². The van der Waals surface area contributed by atoms with E-state index in [1.54, 1.807) is 5.51 Å². The number of fused-ring (bicyclic) bond motifs is 1. The van der Waals surface area contributed by atoms with Gasteiger partial charge < -0.3 is 5.11 Å². The van der Waals surface area contributed by atoms with Gasteiger partial charge in [0.2, 0.25) is 4.96 Å². The van der Waals surface area contributed by atoms with Crippen molar-refractivity contribution in [2.75, 3.05) is 0 Å². The fourth-order valence-electron chi connectivity index (χ4n) is 1.45. The molecule has 0 aromatic carbocycles. The molecule has 1 atom stereocenters. The van der Waals surface area contributed by atoms with Crippen LogP contribution in [0.25, 0.3) is 4.96 Å². The second-order valence-electron chi connectivity index (χ2n) is 3.39. The molecular weight excluding hydrogens is 214 g/mol. The highest BCUT2D eigenvalue weighted by molar-refractivity contribution is 7.14. The Morgan fingerprint density at radius 2 is 2.47 bits per heavy atom. The number of hydrogen-bond acceptors (Lipinski definition) is 4. The van der Waals surface area contributed by atoms with Crippen molar-refractivity contribution in [3.8, 4) is 0 Å². The van der Waals surface area contributed by atoms with Crippen molar-refractivity contribution in [1.29, 1.82) is 0 Å². The summed E-state index contributed by atoms with van der Waals surface area (Å²) in [5.74, 6) is -0.825. The van der Waals surface area contributed by atoms with E-state index in [-0.39, 0.29) is 11.6 Å². The lowest BCUT2D eigenvalue weighted by Crippen LogP contribution is -2.08. The predicted octanol–water partition coefficient (Wildman–Crippen LogP) is 2.00. The van der Waals surface area contributed by atoms with Gasteiger partial charge in [-0.1, -0.05) is 25.2 Å². The number of aromatic nitrogens is 3. The van der Waals surface area contributed by atoms with Crippen molar-refractivity contribution < 1.29 is 9.90 Å². The zero-order valence-electron chi connectivity index (χ0n) is 8.47. The zero-order chi connectivity index (χ0) is 11.0. The molecule has 2 heterocycles. The van der Waals surface area contributed by atoms with E-state index in [1.165, 1.54) is 15.9 Å². The Bertz CT molecular complexity index is 502. The highest BCUT2D eigenvalue weighted by atomic mass is 32.1. The van der Waals surface area contributed by atoms with Gasteiger partial charge in [-0.15, -0.1) is 0 Å². The van der Waals surface area contributed by atoms with Gasteiger partial charge in [-0.2, -0.15) is 9.61 Å². The van der Waals surface area contributed by atoms with Crippen LogP contribution in [-0.4, -0.2) is 25.7 Å². The summed E-state index contributed by atoms with van der Waals surface area (Å²) in [6.45, 7) is 3.98. The van der Waals surface area contributed by atoms with Crippen LogP contribution in [0.5, 0.6) is 0 Å². The number of hydrogen-bond donors (Lipinski definition) is 1. The van der Waals surface area contributed by atoms with Crippen molar-refractivity contribution in [2.45, 2.75) is 26.2 Å². The van der Waals surface area contributed by atoms with Crippen LogP contribution in [0.3, 0.4) is 0 Å². The summed E-state index contributed by atoms with van der Waals surface area (Å²) in [4.78, 5) is 16.1. The first-order valence-electron chi connectivity index (χ1n) is 4.70. The summed E-state index contributed by atoms with van der Waals surface area (Å²) in [5, 5.41) is 13.1. The van der Waals surface area contributed by atoms with E-state index in [9.17, 15) is 4.79 Å². The molecule has 0 aliphatic rings. The maximum absolute atomic E-state index is 11.1. The Morgan fingerprint density at radius 1 is 1.73 bits per heavy atom. The van der Waals surface area contributed by atoms with Crippen LogP contribution < -0.4 is 0 Å². The molecule has 1 N–H and O–H groups in total. The van der Waals surface area contributed by atoms with Gasteiger partial charge in [0.1, 0.15) is 5.51 Å². The molecule has 2 aromatic heterocycles. The quantitative estimate of drug-likeness (QED) is 0.867. The highest BCUT2D eigenvalue weighted by Crippen LogP contribution is 2.24. The van der Waals surface area contributed by atoms with Gasteiger partial charge in [0, 0.05) is 5.92 Å². The van der Waals surface area contributed by atoms with Crippen molar-refractivity contribution in [3.63, 3.8) is 0 Å². The molecule has 5 nitrogen and oxygen atoms in total. The molecule has 15 heavy (non-hydrogen) atoms. The Hall–Kier alpha value is -1.43. The van der Waals surface area contributed by atoms with Gasteiger partial charge in [-0.25, -0.2) is 9.78 Å². The fourth-order valence-corrected chi connectivity index (χ4v) is 2.07. The Labute approximate surface area is 90.4 Å². The number of carboxylic acids is 1. The molecule has 0 bridgehead atoms. The summed E-state index contributed by atoms with van der Waals surface area (Å²) in [6, 6.07) is 0. The summed E-state index contributed by atoms with van der Waals surface area (Å²) in [6.07, 6.45) is 0.866. The van der Waals surface area contributed by atoms with E-state index in [4.69, 9.17) is 5.11 Å². The first-order chi connectivity index (χ1) is 7.15. The molecule has 0 spiro atoms. The number of rotatable bonds is 3. The van der Waals surface area contributed by atoms with Gasteiger partial charge in [0.05, 0.1) is 5.69 Å². The van der Waals surface area contributed by atoms with Crippen molar-refractivity contribution in [1.82, 2.24) is 14.6 Å². The Morgan fingerprint density at radius 3 is 3.07 bits per heavy atom. The molecule has 0 fully saturated rings. The van der Waals surface area contributed by atoms with E-state index < -0.39 is 5.97 Å². The second-order valence-corrected chi connectivity index (χ2v) is 4.20. The Kier molecular flexibility index (Phi) is 2.44. The lowest BCUT2D eigenvalue weighted by atomic mass is 10.0. The summed E-state index contributed by atoms with van der Waals surface area (Å²) < 4.78 is 1.40. The third-order valence-electron chi connectivity index (χ3n) is 2.45. The first-order valence-corrected chi connectivity index (χ1v) is 5.58. The second kappa shape index (κ2) is 3.62. The lowest BCUT2D eigenvalue weighted by Gasteiger charge is -2.05. The van der Waals surface area contributed by atoms with Crippen molar-refractivity contribution in [2.24, 2.45) is 0 Å². The van der Waals surface area contributed by atoms with Gasteiger partial charge in [-0.05, 0) is 6.42 Å². The maximum atomic E-state index is 11.1. The van der Waals surface area contributed by atoms with Crippen LogP contribution in [0, 0.1) is 0 Å². The van der Waals surface area contributed by atoms with E-state index >= 15 is 0 Å². The van der Waals surface area contributed by atoms with Crippen LogP contribution in [0.1, 0.15) is 42.4 Å². The third-order valence-corrected chi connectivity index (χ3v) is 3.13. The molecule has 0 aliphatic heterocycles. The van der Waals surface area contributed by atoms with Gasteiger partial charge in [0.15, 0.2) is 5.69 Å².